The van der Waals surface area contributed by atoms with E-state index in [1.54, 1.807) is 0 Å². The van der Waals surface area contributed by atoms with Crippen molar-refractivity contribution in [3.63, 3.8) is 0 Å². The molecule has 3 heterocycles. The predicted molar refractivity (Wildman–Crippen MR) is 136 cm³/mol. The minimum absolute atomic E-state index is 0.0305. The predicted octanol–water partition coefficient (Wildman–Crippen LogP) is -2.08. The lowest BCUT2D eigenvalue weighted by atomic mass is 9.99. The zero-order chi connectivity index (χ0) is 30.5. The normalized spacial score (nSPS) is 31.7. The minimum atomic E-state index is -1.96. The molecular weight excluding hydrogens is 568 g/mol. The molecule has 5 rings (SSSR count). The van der Waals surface area contributed by atoms with Crippen molar-refractivity contribution in [2.75, 3.05) is 13.2 Å². The van der Waals surface area contributed by atoms with Crippen molar-refractivity contribution in [3.05, 3.63) is 40.6 Å². The average Bonchev–Trinajstić information content (AvgIpc) is 2.94. The lowest BCUT2D eigenvalue weighted by Crippen LogP contribution is -2.61. The molecule has 10 N–H and O–H groups in total. The third kappa shape index (κ3) is 5.42. The molecule has 2 saturated heterocycles. The highest BCUT2D eigenvalue weighted by atomic mass is 16.7. The summed E-state index contributed by atoms with van der Waals surface area (Å²) in [5.74, 6) is -3.33. The summed E-state index contributed by atoms with van der Waals surface area (Å²) in [6.45, 7) is -0.970. The van der Waals surface area contributed by atoms with Crippen molar-refractivity contribution < 1.29 is 74.4 Å². The van der Waals surface area contributed by atoms with Crippen molar-refractivity contribution in [1.82, 2.24) is 0 Å². The Hall–Kier alpha value is -3.71. The summed E-state index contributed by atoms with van der Waals surface area (Å²) in [6.07, 6.45) is -15.1. The molecule has 2 aliphatic heterocycles. The molecule has 0 aliphatic carbocycles. The molecule has 9 atom stereocenters. The second kappa shape index (κ2) is 11.5. The van der Waals surface area contributed by atoms with Crippen molar-refractivity contribution in [2.45, 2.75) is 55.3 Å². The number of ether oxygens (including phenoxy) is 4. The summed E-state index contributed by atoms with van der Waals surface area (Å²) in [5.41, 5.74) is -1.35. The van der Waals surface area contributed by atoms with Crippen molar-refractivity contribution in [1.29, 1.82) is 0 Å². The molecular formula is C26H28O16. The first-order valence-corrected chi connectivity index (χ1v) is 12.6. The number of hydrogen-bond donors (Lipinski definition) is 10. The summed E-state index contributed by atoms with van der Waals surface area (Å²) < 4.78 is 27.5. The monoisotopic (exact) mass is 596 g/mol. The van der Waals surface area contributed by atoms with Crippen molar-refractivity contribution in [2.24, 2.45) is 0 Å². The van der Waals surface area contributed by atoms with Crippen LogP contribution in [0.25, 0.3) is 22.3 Å². The zero-order valence-corrected chi connectivity index (χ0v) is 21.4. The van der Waals surface area contributed by atoms with Crippen molar-refractivity contribution in [3.8, 4) is 40.1 Å². The summed E-state index contributed by atoms with van der Waals surface area (Å²) in [5, 5.41) is 101. The summed E-state index contributed by atoms with van der Waals surface area (Å²) in [4.78, 5) is 13.5. The van der Waals surface area contributed by atoms with Crippen LogP contribution in [-0.2, 0) is 14.2 Å². The fourth-order valence-corrected chi connectivity index (χ4v) is 4.61. The third-order valence-corrected chi connectivity index (χ3v) is 6.94. The van der Waals surface area contributed by atoms with Gasteiger partial charge in [-0.05, 0) is 18.2 Å². The molecule has 0 radical (unpaired) electrons. The van der Waals surface area contributed by atoms with Gasteiger partial charge in [0.15, 0.2) is 23.5 Å². The lowest BCUT2D eigenvalue weighted by Gasteiger charge is -2.41. The van der Waals surface area contributed by atoms with E-state index in [0.717, 1.165) is 24.3 Å². The fourth-order valence-electron chi connectivity index (χ4n) is 4.61. The Morgan fingerprint density at radius 1 is 0.786 bits per heavy atom. The third-order valence-electron chi connectivity index (χ3n) is 6.94. The van der Waals surface area contributed by atoms with Gasteiger partial charge >= 0.3 is 0 Å². The molecule has 16 nitrogen and oxygen atoms in total. The smallest absolute Gasteiger partial charge is 0.239 e. The number of phenolic OH excluding ortho intramolecular Hbond substituents is 4. The van der Waals surface area contributed by atoms with E-state index in [1.807, 2.05) is 0 Å². The summed E-state index contributed by atoms with van der Waals surface area (Å²) >= 11 is 0. The van der Waals surface area contributed by atoms with Crippen LogP contribution < -0.4 is 10.2 Å². The Labute approximate surface area is 235 Å². The average molecular weight is 596 g/mol. The highest BCUT2D eigenvalue weighted by Gasteiger charge is 2.47. The molecule has 16 heteroatoms. The molecule has 0 saturated carbocycles. The van der Waals surface area contributed by atoms with Gasteiger partial charge in [0.25, 0.3) is 0 Å². The maximum absolute atomic E-state index is 13.5. The molecule has 2 fully saturated rings. The van der Waals surface area contributed by atoms with Gasteiger partial charge in [-0.3, -0.25) is 4.79 Å². The van der Waals surface area contributed by atoms with Gasteiger partial charge in [-0.2, -0.15) is 0 Å². The van der Waals surface area contributed by atoms with Crippen LogP contribution >= 0.6 is 0 Å². The number of aromatic hydroxyl groups is 4. The van der Waals surface area contributed by atoms with Gasteiger partial charge in [0.2, 0.25) is 17.5 Å². The topological polar surface area (TPSA) is 269 Å². The van der Waals surface area contributed by atoms with Crippen LogP contribution in [0, 0.1) is 0 Å². The fraction of sp³-hybridized carbons (Fsp3) is 0.423. The molecule has 3 aromatic rings. The molecule has 0 spiro atoms. The van der Waals surface area contributed by atoms with Crippen molar-refractivity contribution >= 4 is 11.0 Å². The lowest BCUT2D eigenvalue weighted by molar-refractivity contribution is -0.307. The molecule has 0 amide bonds. The van der Waals surface area contributed by atoms with Gasteiger partial charge < -0.3 is 74.4 Å². The first-order valence-electron chi connectivity index (χ1n) is 12.6. The number of fused-ring (bicyclic) bond motifs is 1. The van der Waals surface area contributed by atoms with Crippen LogP contribution in [0.5, 0.6) is 28.7 Å². The van der Waals surface area contributed by atoms with Crippen LogP contribution in [-0.4, -0.2) is 120 Å². The minimum Gasteiger partial charge on any atom is -0.508 e. The molecule has 0 bridgehead atoms. The molecule has 0 unspecified atom stereocenters. The van der Waals surface area contributed by atoms with E-state index in [9.17, 15) is 55.9 Å². The Morgan fingerprint density at radius 2 is 1.50 bits per heavy atom. The van der Waals surface area contributed by atoms with Gasteiger partial charge in [-0.15, -0.1) is 0 Å². The highest BCUT2D eigenvalue weighted by Crippen LogP contribution is 2.39. The number of phenols is 4. The highest BCUT2D eigenvalue weighted by molar-refractivity contribution is 5.88. The maximum atomic E-state index is 13.5. The largest absolute Gasteiger partial charge is 0.508 e. The second-order valence-electron chi connectivity index (χ2n) is 9.85. The summed E-state index contributed by atoms with van der Waals surface area (Å²) in [6, 6.07) is 5.23. The Morgan fingerprint density at radius 3 is 2.21 bits per heavy atom. The van der Waals surface area contributed by atoms with E-state index in [4.69, 9.17) is 23.4 Å². The van der Waals surface area contributed by atoms with Gasteiger partial charge in [-0.25, -0.2) is 0 Å². The van der Waals surface area contributed by atoms with Crippen LogP contribution in [0.1, 0.15) is 0 Å². The molecule has 2 aromatic carbocycles. The quantitative estimate of drug-likeness (QED) is 0.137. The van der Waals surface area contributed by atoms with Gasteiger partial charge in [0.1, 0.15) is 65.2 Å². The van der Waals surface area contributed by atoms with Crippen LogP contribution in [0.2, 0.25) is 0 Å². The molecule has 228 valence electrons. The number of rotatable bonds is 6. The SMILES string of the molecule is O=c1c(O[C@H]2O[C@H](CO[C@H]3OC[C@H](O)[C@H](O)[C@H]3O)[C@@H](O)[C@H](O)[C@H]2O)c(-c2ccc(O)c(O)c2)oc2cc(O)cc(O)c12. The van der Waals surface area contributed by atoms with E-state index in [2.05, 4.69) is 0 Å². The van der Waals surface area contributed by atoms with Crippen LogP contribution in [0.15, 0.2) is 39.5 Å². The Bertz CT molecular complexity index is 1510. The first-order chi connectivity index (χ1) is 19.9. The molecule has 2 aliphatic rings. The number of aliphatic hydroxyl groups excluding tert-OH is 6. The number of benzene rings is 2. The van der Waals surface area contributed by atoms with Crippen LogP contribution in [0.3, 0.4) is 0 Å². The number of aliphatic hydroxyl groups is 6. The van der Waals surface area contributed by atoms with E-state index >= 15 is 0 Å². The van der Waals surface area contributed by atoms with E-state index in [0.29, 0.717) is 0 Å². The van der Waals surface area contributed by atoms with Gasteiger partial charge in [0, 0.05) is 17.7 Å². The summed E-state index contributed by atoms with van der Waals surface area (Å²) in [7, 11) is 0. The Balaban J connectivity index is 1.48. The molecule has 42 heavy (non-hydrogen) atoms. The zero-order valence-electron chi connectivity index (χ0n) is 21.4. The second-order valence-corrected chi connectivity index (χ2v) is 9.85. The molecule has 1 aromatic heterocycles. The van der Waals surface area contributed by atoms with Gasteiger partial charge in [0.05, 0.1) is 13.2 Å². The van der Waals surface area contributed by atoms with E-state index in [-0.39, 0.29) is 17.8 Å². The maximum Gasteiger partial charge on any atom is 0.239 e. The number of hydrogen-bond acceptors (Lipinski definition) is 16. The first kappa shape index (κ1) is 29.8. The van der Waals surface area contributed by atoms with E-state index in [1.165, 1.54) is 6.07 Å². The standard InChI is InChI=1S/C26H28O16/c27-9-4-12(30)16-14(5-9)40-23(8-1-2-10(28)11(29)3-8)24(19(16)34)42-26-22(37)20(35)18(33)15(41-26)7-39-25-21(36)17(32)13(31)6-38-25/h1-5,13,15,17-18,20-22,25-33,35-37H,6-7H2/t13-,15+,17-,18+,20-,21+,22+,25+,26+/m0/s1. The van der Waals surface area contributed by atoms with Gasteiger partial charge in [-0.1, -0.05) is 0 Å². The Kier molecular flexibility index (Phi) is 8.17. The van der Waals surface area contributed by atoms with Crippen LogP contribution in [0.4, 0.5) is 0 Å². The van der Waals surface area contributed by atoms with E-state index < -0.39 is 107 Å².